The molecule has 7 heteroatoms. The van der Waals surface area contributed by atoms with E-state index in [-0.39, 0.29) is 24.4 Å². The maximum atomic E-state index is 12.4. The van der Waals surface area contributed by atoms with Crippen molar-refractivity contribution in [2.75, 3.05) is 26.2 Å². The third-order valence-corrected chi connectivity index (χ3v) is 5.10. The van der Waals surface area contributed by atoms with Gasteiger partial charge in [-0.25, -0.2) is 4.68 Å². The van der Waals surface area contributed by atoms with Gasteiger partial charge in [-0.05, 0) is 43.4 Å². The lowest BCUT2D eigenvalue weighted by Gasteiger charge is -2.34. The zero-order chi connectivity index (χ0) is 19.2. The predicted octanol–water partition coefficient (Wildman–Crippen LogP) is 1.67. The molecule has 0 aliphatic carbocycles. The van der Waals surface area contributed by atoms with Crippen LogP contribution in [0.3, 0.4) is 0 Å². The van der Waals surface area contributed by atoms with Gasteiger partial charge in [-0.15, -0.1) is 5.10 Å². The van der Waals surface area contributed by atoms with E-state index in [9.17, 15) is 9.59 Å². The molecule has 2 atom stereocenters. The second kappa shape index (κ2) is 9.08. The first kappa shape index (κ1) is 19.5. The zero-order valence-corrected chi connectivity index (χ0v) is 16.2. The van der Waals surface area contributed by atoms with Crippen molar-refractivity contribution in [3.8, 4) is 0 Å². The van der Waals surface area contributed by atoms with Crippen molar-refractivity contribution < 1.29 is 4.79 Å². The monoisotopic (exact) mass is 371 g/mol. The van der Waals surface area contributed by atoms with E-state index in [1.54, 1.807) is 18.2 Å². The Hall–Kier alpha value is -2.28. The van der Waals surface area contributed by atoms with Crippen molar-refractivity contribution in [1.29, 1.82) is 0 Å². The van der Waals surface area contributed by atoms with Gasteiger partial charge in [0.1, 0.15) is 5.52 Å². The predicted molar refractivity (Wildman–Crippen MR) is 105 cm³/mol. The third-order valence-electron chi connectivity index (χ3n) is 5.10. The van der Waals surface area contributed by atoms with Crippen molar-refractivity contribution in [2.45, 2.75) is 39.7 Å². The van der Waals surface area contributed by atoms with Crippen LogP contribution in [-0.4, -0.2) is 52.0 Å². The van der Waals surface area contributed by atoms with E-state index < -0.39 is 0 Å². The number of aryl methyl sites for hydroxylation is 1. The van der Waals surface area contributed by atoms with E-state index in [1.165, 1.54) is 11.1 Å². The Morgan fingerprint density at radius 3 is 2.70 bits per heavy atom. The molecule has 0 radical (unpaired) electrons. The lowest BCUT2D eigenvalue weighted by molar-refractivity contribution is -0.121. The van der Waals surface area contributed by atoms with Crippen LogP contribution in [0.1, 0.15) is 33.1 Å². The van der Waals surface area contributed by atoms with E-state index in [2.05, 4.69) is 34.4 Å². The maximum absolute atomic E-state index is 12.4. The molecule has 1 aliphatic rings. The summed E-state index contributed by atoms with van der Waals surface area (Å²) >= 11 is 0. The summed E-state index contributed by atoms with van der Waals surface area (Å²) in [5, 5.41) is 11.4. The van der Waals surface area contributed by atoms with Gasteiger partial charge < -0.3 is 10.2 Å². The van der Waals surface area contributed by atoms with Gasteiger partial charge in [0.15, 0.2) is 0 Å². The Morgan fingerprint density at radius 1 is 1.19 bits per heavy atom. The summed E-state index contributed by atoms with van der Waals surface area (Å²) in [6.07, 6.45) is 2.48. The summed E-state index contributed by atoms with van der Waals surface area (Å²) in [5.41, 5.74) is 0.367. The van der Waals surface area contributed by atoms with Crippen LogP contribution in [0.2, 0.25) is 0 Å². The van der Waals surface area contributed by atoms with Crippen LogP contribution in [0.25, 0.3) is 10.9 Å². The number of aromatic nitrogens is 3. The second-order valence-electron chi connectivity index (χ2n) is 7.79. The minimum atomic E-state index is -0.207. The Labute approximate surface area is 159 Å². The molecule has 1 saturated heterocycles. The molecule has 2 aromatic rings. The minimum absolute atomic E-state index is 0.0581. The number of nitrogens with one attached hydrogen (secondary N) is 1. The highest BCUT2D eigenvalue weighted by Gasteiger charge is 2.21. The summed E-state index contributed by atoms with van der Waals surface area (Å²) in [4.78, 5) is 26.9. The number of piperidine rings is 1. The normalized spacial score (nSPS) is 20.7. The number of carbonyl (C=O) groups is 1. The van der Waals surface area contributed by atoms with Crippen LogP contribution in [0.15, 0.2) is 29.1 Å². The van der Waals surface area contributed by atoms with Gasteiger partial charge in [-0.1, -0.05) is 31.2 Å². The second-order valence-corrected chi connectivity index (χ2v) is 7.79. The van der Waals surface area contributed by atoms with Crippen molar-refractivity contribution in [3.05, 3.63) is 34.6 Å². The molecule has 1 aromatic carbocycles. The summed E-state index contributed by atoms with van der Waals surface area (Å²) in [5.74, 6) is 1.45. The molecule has 146 valence electrons. The lowest BCUT2D eigenvalue weighted by Crippen LogP contribution is -2.40. The van der Waals surface area contributed by atoms with E-state index in [4.69, 9.17) is 0 Å². The van der Waals surface area contributed by atoms with Crippen LogP contribution < -0.4 is 10.9 Å². The van der Waals surface area contributed by atoms with Crippen molar-refractivity contribution in [3.63, 3.8) is 0 Å². The van der Waals surface area contributed by atoms with Crippen LogP contribution >= 0.6 is 0 Å². The van der Waals surface area contributed by atoms with Crippen molar-refractivity contribution in [1.82, 2.24) is 25.2 Å². The molecular formula is C20H29N5O2. The van der Waals surface area contributed by atoms with Gasteiger partial charge in [0.05, 0.1) is 11.9 Å². The largest absolute Gasteiger partial charge is 0.356 e. The fourth-order valence-corrected chi connectivity index (χ4v) is 3.97. The molecule has 7 nitrogen and oxygen atoms in total. The number of benzene rings is 1. The summed E-state index contributed by atoms with van der Waals surface area (Å²) in [6.45, 7) is 8.85. The number of amides is 1. The molecule has 27 heavy (non-hydrogen) atoms. The van der Waals surface area contributed by atoms with Gasteiger partial charge in [-0.3, -0.25) is 9.59 Å². The molecule has 0 bridgehead atoms. The molecule has 1 fully saturated rings. The average molecular weight is 371 g/mol. The smallest absolute Gasteiger partial charge is 0.277 e. The highest BCUT2D eigenvalue weighted by Crippen LogP contribution is 2.20. The number of nitrogens with zero attached hydrogens (tertiary/aromatic N) is 4. The zero-order valence-electron chi connectivity index (χ0n) is 16.2. The Kier molecular flexibility index (Phi) is 6.55. The number of likely N-dealkylation sites (tertiary alicyclic amines) is 1. The van der Waals surface area contributed by atoms with Crippen molar-refractivity contribution in [2.24, 2.45) is 11.8 Å². The van der Waals surface area contributed by atoms with E-state index >= 15 is 0 Å². The Balaban J connectivity index is 1.40. The number of carbonyl (C=O) groups excluding carboxylic acids is 1. The molecular weight excluding hydrogens is 342 g/mol. The van der Waals surface area contributed by atoms with Gasteiger partial charge in [0.25, 0.3) is 5.56 Å². The van der Waals surface area contributed by atoms with Gasteiger partial charge in [-0.2, -0.15) is 0 Å². The molecule has 1 amide bonds. The van der Waals surface area contributed by atoms with E-state index in [0.717, 1.165) is 37.9 Å². The number of rotatable bonds is 7. The van der Waals surface area contributed by atoms with Crippen LogP contribution in [-0.2, 0) is 11.3 Å². The number of hydrogen-bond acceptors (Lipinski definition) is 5. The third kappa shape index (κ3) is 5.35. The summed E-state index contributed by atoms with van der Waals surface area (Å²) < 4.78 is 1.26. The molecule has 0 saturated carbocycles. The standard InChI is InChI=1S/C20H29N5O2/c1-15-12-16(2)14-24(13-15)10-5-9-21-19(26)8-11-25-20(27)17-6-3-4-7-18(17)22-23-25/h3-4,6-7,15-16H,5,8-14H2,1-2H3,(H,21,26)/t15-,16+. The highest BCUT2D eigenvalue weighted by atomic mass is 16.2. The van der Waals surface area contributed by atoms with Gasteiger partial charge in [0.2, 0.25) is 5.91 Å². The first-order valence-electron chi connectivity index (χ1n) is 9.84. The molecule has 1 aliphatic heterocycles. The molecule has 0 unspecified atom stereocenters. The Bertz CT molecular complexity index is 824. The SMILES string of the molecule is C[C@@H]1C[C@H](C)CN(CCCNC(=O)CCn2nnc3ccccc3c2=O)C1. The lowest BCUT2D eigenvalue weighted by atomic mass is 9.92. The minimum Gasteiger partial charge on any atom is -0.356 e. The van der Waals surface area contributed by atoms with Crippen LogP contribution in [0.4, 0.5) is 0 Å². The van der Waals surface area contributed by atoms with Gasteiger partial charge >= 0.3 is 0 Å². The first-order chi connectivity index (χ1) is 13.0. The average Bonchev–Trinajstić information content (AvgIpc) is 2.64. The topological polar surface area (TPSA) is 80.1 Å². The Morgan fingerprint density at radius 2 is 1.93 bits per heavy atom. The van der Waals surface area contributed by atoms with E-state index in [1.807, 2.05) is 6.07 Å². The summed E-state index contributed by atoms with van der Waals surface area (Å²) in [6, 6.07) is 7.10. The summed E-state index contributed by atoms with van der Waals surface area (Å²) in [7, 11) is 0. The molecule has 3 rings (SSSR count). The van der Waals surface area contributed by atoms with E-state index in [0.29, 0.717) is 17.4 Å². The maximum Gasteiger partial charge on any atom is 0.277 e. The molecule has 1 aromatic heterocycles. The quantitative estimate of drug-likeness (QED) is 0.749. The van der Waals surface area contributed by atoms with Crippen molar-refractivity contribution >= 4 is 16.8 Å². The number of hydrogen-bond donors (Lipinski definition) is 1. The van der Waals surface area contributed by atoms with Crippen LogP contribution in [0, 0.1) is 11.8 Å². The fraction of sp³-hybridized carbons (Fsp3) is 0.600. The highest BCUT2D eigenvalue weighted by molar-refractivity contribution is 5.77. The molecule has 1 N–H and O–H groups in total. The van der Waals surface area contributed by atoms with Gasteiger partial charge in [0, 0.05) is 26.1 Å². The number of fused-ring (bicyclic) bond motifs is 1. The first-order valence-corrected chi connectivity index (χ1v) is 9.84. The fourth-order valence-electron chi connectivity index (χ4n) is 3.97. The molecule has 0 spiro atoms. The molecule has 2 heterocycles. The van der Waals surface area contributed by atoms with Crippen LogP contribution in [0.5, 0.6) is 0 Å².